The SMILES string of the molecule is CCCCC(=O)N(C)Cl. The molecule has 0 atom stereocenters. The van der Waals surface area contributed by atoms with E-state index in [1.807, 2.05) is 6.92 Å². The lowest BCUT2D eigenvalue weighted by Gasteiger charge is -2.04. The van der Waals surface area contributed by atoms with Gasteiger partial charge in [0, 0.05) is 25.2 Å². The number of carbonyl (C=O) groups excluding carboxylic acids is 1. The molecule has 0 bridgehead atoms. The summed E-state index contributed by atoms with van der Waals surface area (Å²) in [6.07, 6.45) is 2.53. The highest BCUT2D eigenvalue weighted by Crippen LogP contribution is 1.99. The van der Waals surface area contributed by atoms with Crippen LogP contribution in [0.25, 0.3) is 0 Å². The number of hydrogen-bond acceptors (Lipinski definition) is 1. The molecule has 0 aliphatic carbocycles. The number of carbonyl (C=O) groups is 1. The van der Waals surface area contributed by atoms with Gasteiger partial charge in [-0.25, -0.2) is 0 Å². The summed E-state index contributed by atoms with van der Waals surface area (Å²) in [5.74, 6) is -0.00137. The Labute approximate surface area is 60.9 Å². The van der Waals surface area contributed by atoms with Crippen LogP contribution in [-0.2, 0) is 4.79 Å². The summed E-state index contributed by atoms with van der Waals surface area (Å²) < 4.78 is 1.11. The van der Waals surface area contributed by atoms with Crippen molar-refractivity contribution in [3.63, 3.8) is 0 Å². The van der Waals surface area contributed by atoms with Gasteiger partial charge in [-0.05, 0) is 6.42 Å². The molecule has 0 fully saturated rings. The largest absolute Gasteiger partial charge is 0.274 e. The zero-order valence-electron chi connectivity index (χ0n) is 5.85. The van der Waals surface area contributed by atoms with Crippen LogP contribution in [0.2, 0.25) is 0 Å². The van der Waals surface area contributed by atoms with Gasteiger partial charge in [0.05, 0.1) is 0 Å². The molecule has 9 heavy (non-hydrogen) atoms. The van der Waals surface area contributed by atoms with Crippen molar-refractivity contribution in [1.29, 1.82) is 0 Å². The third-order valence-corrected chi connectivity index (χ3v) is 1.28. The minimum Gasteiger partial charge on any atom is -0.274 e. The molecule has 0 aromatic rings. The highest BCUT2D eigenvalue weighted by atomic mass is 35.5. The Balaban J connectivity index is 3.28. The van der Waals surface area contributed by atoms with Crippen molar-refractivity contribution >= 4 is 17.7 Å². The van der Waals surface area contributed by atoms with Gasteiger partial charge in [-0.3, -0.25) is 9.21 Å². The average Bonchev–Trinajstić information content (AvgIpc) is 1.82. The summed E-state index contributed by atoms with van der Waals surface area (Å²) in [5.41, 5.74) is 0. The van der Waals surface area contributed by atoms with Crippen LogP contribution in [0.5, 0.6) is 0 Å². The zero-order valence-corrected chi connectivity index (χ0v) is 6.61. The van der Waals surface area contributed by atoms with Crippen molar-refractivity contribution in [2.75, 3.05) is 7.05 Å². The van der Waals surface area contributed by atoms with E-state index in [0.29, 0.717) is 6.42 Å². The van der Waals surface area contributed by atoms with Crippen molar-refractivity contribution in [1.82, 2.24) is 4.42 Å². The summed E-state index contributed by atoms with van der Waals surface area (Å²) in [7, 11) is 1.56. The van der Waals surface area contributed by atoms with E-state index in [-0.39, 0.29) is 5.91 Å². The van der Waals surface area contributed by atoms with Crippen LogP contribution >= 0.6 is 11.8 Å². The monoisotopic (exact) mass is 149 g/mol. The molecule has 0 aromatic heterocycles. The Morgan fingerprint density at radius 2 is 2.22 bits per heavy atom. The lowest BCUT2D eigenvalue weighted by molar-refractivity contribution is -0.125. The fourth-order valence-corrected chi connectivity index (χ4v) is 0.567. The number of unbranched alkanes of at least 4 members (excludes halogenated alkanes) is 1. The van der Waals surface area contributed by atoms with Gasteiger partial charge < -0.3 is 0 Å². The van der Waals surface area contributed by atoms with Crippen LogP contribution in [0.1, 0.15) is 26.2 Å². The number of rotatable bonds is 3. The van der Waals surface area contributed by atoms with Crippen molar-refractivity contribution in [3.8, 4) is 0 Å². The number of hydrogen-bond donors (Lipinski definition) is 0. The van der Waals surface area contributed by atoms with E-state index in [0.717, 1.165) is 17.3 Å². The third kappa shape index (κ3) is 4.28. The zero-order chi connectivity index (χ0) is 7.28. The molecule has 0 aromatic carbocycles. The Morgan fingerprint density at radius 1 is 1.67 bits per heavy atom. The molecule has 0 aliphatic heterocycles. The lowest BCUT2D eigenvalue weighted by Crippen LogP contribution is -2.15. The maximum absolute atomic E-state index is 10.7. The minimum absolute atomic E-state index is 0.00137. The molecule has 54 valence electrons. The fraction of sp³-hybridized carbons (Fsp3) is 0.833. The van der Waals surface area contributed by atoms with Crippen LogP contribution in [0.3, 0.4) is 0 Å². The standard InChI is InChI=1S/C6H12ClNO/c1-3-4-5-6(9)8(2)7/h3-5H2,1-2H3. The minimum atomic E-state index is -0.00137. The van der Waals surface area contributed by atoms with E-state index in [1.165, 1.54) is 0 Å². The van der Waals surface area contributed by atoms with Crippen molar-refractivity contribution in [3.05, 3.63) is 0 Å². The summed E-state index contributed by atoms with van der Waals surface area (Å²) in [6, 6.07) is 0. The van der Waals surface area contributed by atoms with Crippen molar-refractivity contribution < 1.29 is 4.79 Å². The van der Waals surface area contributed by atoms with Crippen molar-refractivity contribution in [2.45, 2.75) is 26.2 Å². The lowest BCUT2D eigenvalue weighted by atomic mass is 10.2. The summed E-state index contributed by atoms with van der Waals surface area (Å²) in [4.78, 5) is 10.7. The normalized spacial score (nSPS) is 9.22. The summed E-state index contributed by atoms with van der Waals surface area (Å²) >= 11 is 5.35. The van der Waals surface area contributed by atoms with Gasteiger partial charge >= 0.3 is 0 Å². The second-order valence-electron chi connectivity index (χ2n) is 1.97. The number of amides is 1. The first-order valence-corrected chi connectivity index (χ1v) is 3.44. The second-order valence-corrected chi connectivity index (χ2v) is 2.48. The Kier molecular flexibility index (Phi) is 4.50. The van der Waals surface area contributed by atoms with Crippen LogP contribution in [0.15, 0.2) is 0 Å². The highest BCUT2D eigenvalue weighted by molar-refractivity contribution is 6.20. The van der Waals surface area contributed by atoms with Gasteiger partial charge in [0.1, 0.15) is 0 Å². The number of halogens is 1. The molecule has 0 aliphatic rings. The van der Waals surface area contributed by atoms with Crippen molar-refractivity contribution in [2.24, 2.45) is 0 Å². The van der Waals surface area contributed by atoms with E-state index in [9.17, 15) is 4.79 Å². The molecule has 0 saturated heterocycles. The highest BCUT2D eigenvalue weighted by Gasteiger charge is 2.02. The molecule has 0 spiro atoms. The van der Waals surface area contributed by atoms with E-state index < -0.39 is 0 Å². The van der Waals surface area contributed by atoms with Crippen LogP contribution in [0.4, 0.5) is 0 Å². The molecule has 0 N–H and O–H groups in total. The molecule has 2 nitrogen and oxygen atoms in total. The molecule has 0 rings (SSSR count). The van der Waals surface area contributed by atoms with Crippen LogP contribution < -0.4 is 0 Å². The maximum Gasteiger partial charge on any atom is 0.236 e. The van der Waals surface area contributed by atoms with Gasteiger partial charge in [0.25, 0.3) is 0 Å². The first-order chi connectivity index (χ1) is 4.18. The topological polar surface area (TPSA) is 20.3 Å². The molecule has 0 radical (unpaired) electrons. The molecule has 0 unspecified atom stereocenters. The van der Waals surface area contributed by atoms with E-state index in [1.54, 1.807) is 7.05 Å². The third-order valence-electron chi connectivity index (χ3n) is 1.09. The first kappa shape index (κ1) is 8.76. The predicted octanol–water partition coefficient (Wildman–Crippen LogP) is 1.79. The Hall–Kier alpha value is -0.240. The molecule has 3 heteroatoms. The fourth-order valence-electron chi connectivity index (χ4n) is 0.482. The first-order valence-electron chi connectivity index (χ1n) is 3.10. The van der Waals surface area contributed by atoms with E-state index >= 15 is 0 Å². The van der Waals surface area contributed by atoms with E-state index in [2.05, 4.69) is 0 Å². The maximum atomic E-state index is 10.7. The second kappa shape index (κ2) is 4.62. The van der Waals surface area contributed by atoms with Crippen LogP contribution in [0, 0.1) is 0 Å². The molecular weight excluding hydrogens is 138 g/mol. The summed E-state index contributed by atoms with van der Waals surface area (Å²) in [6.45, 7) is 2.04. The summed E-state index contributed by atoms with van der Waals surface area (Å²) in [5, 5.41) is 0. The van der Waals surface area contributed by atoms with E-state index in [4.69, 9.17) is 11.8 Å². The van der Waals surface area contributed by atoms with Gasteiger partial charge in [0.2, 0.25) is 5.91 Å². The predicted molar refractivity (Wildman–Crippen MR) is 38.1 cm³/mol. The molecule has 1 amide bonds. The number of nitrogens with zero attached hydrogens (tertiary/aromatic N) is 1. The average molecular weight is 150 g/mol. The molecule has 0 saturated carbocycles. The quantitative estimate of drug-likeness (QED) is 0.561. The van der Waals surface area contributed by atoms with Crippen LogP contribution in [-0.4, -0.2) is 17.4 Å². The molecular formula is C6H12ClNO. The van der Waals surface area contributed by atoms with Gasteiger partial charge in [-0.1, -0.05) is 13.3 Å². The van der Waals surface area contributed by atoms with Gasteiger partial charge in [-0.15, -0.1) is 0 Å². The van der Waals surface area contributed by atoms with Gasteiger partial charge in [-0.2, -0.15) is 0 Å². The Morgan fingerprint density at radius 3 is 2.56 bits per heavy atom. The smallest absolute Gasteiger partial charge is 0.236 e. The Bertz CT molecular complexity index is 93.1. The molecule has 0 heterocycles. The van der Waals surface area contributed by atoms with Gasteiger partial charge in [0.15, 0.2) is 0 Å².